The Kier molecular flexibility index (Phi) is 4.65. The van der Waals surface area contributed by atoms with Crippen molar-refractivity contribution in [1.29, 1.82) is 0 Å². The van der Waals surface area contributed by atoms with Crippen LogP contribution < -0.4 is 10.5 Å². The van der Waals surface area contributed by atoms with Crippen LogP contribution in [-0.4, -0.2) is 31.1 Å². The topological polar surface area (TPSA) is 111 Å². The predicted octanol–water partition coefficient (Wildman–Crippen LogP) is 1.58. The van der Waals surface area contributed by atoms with Crippen molar-refractivity contribution in [3.05, 3.63) is 18.0 Å². The highest BCUT2D eigenvalue weighted by atomic mass is 32.2. The lowest BCUT2D eigenvalue weighted by Gasteiger charge is -2.30. The largest absolute Gasteiger partial charge is 0.336 e. The molecule has 1 saturated carbocycles. The maximum absolute atomic E-state index is 12.7. The van der Waals surface area contributed by atoms with Crippen molar-refractivity contribution in [2.45, 2.75) is 50.0 Å². The van der Waals surface area contributed by atoms with Gasteiger partial charge >= 0.3 is 0 Å². The van der Waals surface area contributed by atoms with Gasteiger partial charge in [0.1, 0.15) is 4.90 Å². The summed E-state index contributed by atoms with van der Waals surface area (Å²) in [5.41, 5.74) is 6.85. The molecule has 0 radical (unpaired) electrons. The van der Waals surface area contributed by atoms with E-state index in [4.69, 9.17) is 10.3 Å². The van der Waals surface area contributed by atoms with E-state index in [0.29, 0.717) is 29.8 Å². The van der Waals surface area contributed by atoms with Crippen LogP contribution in [0, 0.1) is 5.92 Å². The van der Waals surface area contributed by atoms with E-state index in [0.717, 1.165) is 25.7 Å². The van der Waals surface area contributed by atoms with Crippen LogP contribution in [0.1, 0.15) is 38.3 Å². The second kappa shape index (κ2) is 6.54. The first kappa shape index (κ1) is 16.4. The van der Waals surface area contributed by atoms with Gasteiger partial charge in [0.25, 0.3) is 5.71 Å². The van der Waals surface area contributed by atoms with E-state index in [1.54, 1.807) is 6.07 Å². The molecule has 2 unspecified atom stereocenters. The van der Waals surface area contributed by atoms with Crippen molar-refractivity contribution < 1.29 is 12.9 Å². The van der Waals surface area contributed by atoms with E-state index in [1.165, 1.54) is 6.20 Å². The van der Waals surface area contributed by atoms with Crippen LogP contribution in [0.25, 0.3) is 11.1 Å². The van der Waals surface area contributed by atoms with Gasteiger partial charge in [-0.2, -0.15) is 0 Å². The molecule has 2 aromatic heterocycles. The molecule has 2 aromatic rings. The molecule has 0 aliphatic heterocycles. The summed E-state index contributed by atoms with van der Waals surface area (Å²) in [6.45, 7) is 2.43. The van der Waals surface area contributed by atoms with Gasteiger partial charge in [-0.15, -0.1) is 0 Å². The number of pyridine rings is 1. The average Bonchev–Trinajstić information content (AvgIpc) is 2.97. The first-order chi connectivity index (χ1) is 11.0. The normalized spacial score (nSPS) is 22.5. The van der Waals surface area contributed by atoms with Gasteiger partial charge in [-0.05, 0) is 37.8 Å². The van der Waals surface area contributed by atoms with Gasteiger partial charge in [0, 0.05) is 6.04 Å². The fourth-order valence-electron chi connectivity index (χ4n) is 3.17. The zero-order valence-electron chi connectivity index (χ0n) is 13.2. The molecule has 1 fully saturated rings. The second-order valence-electron chi connectivity index (χ2n) is 6.01. The molecule has 23 heavy (non-hydrogen) atoms. The summed E-state index contributed by atoms with van der Waals surface area (Å²) in [6, 6.07) is 1.47. The highest BCUT2D eigenvalue weighted by Crippen LogP contribution is 2.26. The molecule has 0 saturated heterocycles. The van der Waals surface area contributed by atoms with Crippen molar-refractivity contribution in [2.75, 3.05) is 6.54 Å². The monoisotopic (exact) mass is 338 g/mol. The molecule has 8 heteroatoms. The van der Waals surface area contributed by atoms with Crippen LogP contribution >= 0.6 is 0 Å². The minimum Gasteiger partial charge on any atom is -0.336 e. The Morgan fingerprint density at radius 2 is 2.17 bits per heavy atom. The predicted molar refractivity (Wildman–Crippen MR) is 86.3 cm³/mol. The molecule has 3 N–H and O–H groups in total. The summed E-state index contributed by atoms with van der Waals surface area (Å²) < 4.78 is 33.3. The Labute approximate surface area is 135 Å². The fraction of sp³-hybridized carbons (Fsp3) is 0.600. The van der Waals surface area contributed by atoms with Crippen molar-refractivity contribution >= 4 is 21.1 Å². The molecule has 0 spiro atoms. The maximum Gasteiger partial charge on any atom is 0.258 e. The zero-order valence-corrected chi connectivity index (χ0v) is 14.0. The summed E-state index contributed by atoms with van der Waals surface area (Å²) in [5, 5.41) is 4.56. The van der Waals surface area contributed by atoms with E-state index in [1.807, 2.05) is 6.92 Å². The number of nitrogens with one attached hydrogen (secondary N) is 1. The number of rotatable bonds is 5. The molecule has 3 rings (SSSR count). The molecule has 126 valence electrons. The Morgan fingerprint density at radius 3 is 2.91 bits per heavy atom. The fourth-order valence-corrected chi connectivity index (χ4v) is 4.48. The van der Waals surface area contributed by atoms with Crippen molar-refractivity contribution in [3.63, 3.8) is 0 Å². The third-order valence-corrected chi connectivity index (χ3v) is 6.00. The number of aryl methyl sites for hydroxylation is 1. The van der Waals surface area contributed by atoms with Crippen LogP contribution in [0.15, 0.2) is 21.7 Å². The van der Waals surface area contributed by atoms with Gasteiger partial charge in [0.05, 0.1) is 17.3 Å². The lowest BCUT2D eigenvalue weighted by molar-refractivity contribution is 0.296. The Bertz CT molecular complexity index is 787. The van der Waals surface area contributed by atoms with E-state index in [-0.39, 0.29) is 16.9 Å². The van der Waals surface area contributed by atoms with Crippen LogP contribution in [-0.2, 0) is 16.4 Å². The molecular weight excluding hydrogens is 316 g/mol. The molecule has 1 aliphatic carbocycles. The van der Waals surface area contributed by atoms with Crippen molar-refractivity contribution in [3.8, 4) is 0 Å². The number of aromatic nitrogens is 2. The molecule has 1 aliphatic rings. The first-order valence-corrected chi connectivity index (χ1v) is 9.50. The summed E-state index contributed by atoms with van der Waals surface area (Å²) in [5.74, 6) is 0.192. The van der Waals surface area contributed by atoms with E-state index >= 15 is 0 Å². The smallest absolute Gasteiger partial charge is 0.258 e. The quantitative estimate of drug-likeness (QED) is 0.856. The number of hydrogen-bond acceptors (Lipinski definition) is 6. The molecule has 2 heterocycles. The Hall–Kier alpha value is -1.51. The Morgan fingerprint density at radius 1 is 1.39 bits per heavy atom. The number of nitrogens with two attached hydrogens (primary N) is 1. The second-order valence-corrected chi connectivity index (χ2v) is 7.73. The lowest BCUT2D eigenvalue weighted by atomic mass is 9.85. The molecule has 0 bridgehead atoms. The van der Waals surface area contributed by atoms with Crippen molar-refractivity contribution in [2.24, 2.45) is 11.7 Å². The molecule has 0 amide bonds. The molecule has 2 atom stereocenters. The van der Waals surface area contributed by atoms with Crippen LogP contribution in [0.2, 0.25) is 0 Å². The first-order valence-electron chi connectivity index (χ1n) is 8.02. The summed E-state index contributed by atoms with van der Waals surface area (Å²) in [6.07, 6.45) is 5.89. The van der Waals surface area contributed by atoms with Gasteiger partial charge < -0.3 is 10.3 Å². The van der Waals surface area contributed by atoms with E-state index < -0.39 is 10.0 Å². The van der Waals surface area contributed by atoms with Crippen LogP contribution in [0.4, 0.5) is 0 Å². The summed E-state index contributed by atoms with van der Waals surface area (Å²) in [4.78, 5) is 4.22. The SMILES string of the molecule is CCc1noc2ncc(S(=O)(=O)NC3CCCCC3CN)cc12. The minimum atomic E-state index is -3.63. The summed E-state index contributed by atoms with van der Waals surface area (Å²) >= 11 is 0. The number of hydrogen-bond donors (Lipinski definition) is 2. The third kappa shape index (κ3) is 3.24. The van der Waals surface area contributed by atoms with Gasteiger partial charge in [-0.25, -0.2) is 18.1 Å². The highest BCUT2D eigenvalue weighted by molar-refractivity contribution is 7.89. The van der Waals surface area contributed by atoms with Crippen molar-refractivity contribution in [1.82, 2.24) is 14.9 Å². The maximum atomic E-state index is 12.7. The Balaban J connectivity index is 1.89. The van der Waals surface area contributed by atoms with Gasteiger partial charge in [-0.1, -0.05) is 24.9 Å². The average molecular weight is 338 g/mol. The third-order valence-electron chi connectivity index (χ3n) is 4.54. The van der Waals surface area contributed by atoms with Crippen LogP contribution in [0.3, 0.4) is 0 Å². The lowest BCUT2D eigenvalue weighted by Crippen LogP contribution is -2.44. The number of nitrogens with zero attached hydrogens (tertiary/aromatic N) is 2. The summed E-state index contributed by atoms with van der Waals surface area (Å²) in [7, 11) is -3.63. The number of sulfonamides is 1. The molecular formula is C15H22N4O3S. The van der Waals surface area contributed by atoms with Gasteiger partial charge in [-0.3, -0.25) is 0 Å². The van der Waals surface area contributed by atoms with Gasteiger partial charge in [0.2, 0.25) is 10.0 Å². The molecule has 0 aromatic carbocycles. The van der Waals surface area contributed by atoms with Crippen LogP contribution in [0.5, 0.6) is 0 Å². The molecule has 7 nitrogen and oxygen atoms in total. The highest BCUT2D eigenvalue weighted by Gasteiger charge is 2.29. The minimum absolute atomic E-state index is 0.109. The zero-order chi connectivity index (χ0) is 16.4. The number of fused-ring (bicyclic) bond motifs is 1. The van der Waals surface area contributed by atoms with E-state index in [2.05, 4.69) is 14.9 Å². The van der Waals surface area contributed by atoms with Gasteiger partial charge in [0.15, 0.2) is 0 Å². The standard InChI is InChI=1S/C15H22N4O3S/c1-2-13-12-7-11(9-17-15(12)22-18-13)23(20,21)19-14-6-4-3-5-10(14)8-16/h7,9-10,14,19H,2-6,8,16H2,1H3. The van der Waals surface area contributed by atoms with E-state index in [9.17, 15) is 8.42 Å².